The van der Waals surface area contributed by atoms with Crippen LogP contribution >= 0.6 is 0 Å². The molecule has 108 valence electrons. The van der Waals surface area contributed by atoms with Crippen LogP contribution < -0.4 is 11.1 Å². The van der Waals surface area contributed by atoms with Gasteiger partial charge >= 0.3 is 0 Å². The predicted molar refractivity (Wildman–Crippen MR) is 76.4 cm³/mol. The van der Waals surface area contributed by atoms with Crippen molar-refractivity contribution in [1.82, 2.24) is 0 Å². The molecule has 0 aromatic heterocycles. The SMILES string of the molecule is Cc1ccc([N+](=O)[O-])c(NC(=O)C2CCCC(N)C2)c1. The van der Waals surface area contributed by atoms with Gasteiger partial charge in [0.25, 0.3) is 5.69 Å². The Morgan fingerprint density at radius 2 is 2.20 bits per heavy atom. The van der Waals surface area contributed by atoms with Crippen molar-refractivity contribution in [2.45, 2.75) is 38.6 Å². The summed E-state index contributed by atoms with van der Waals surface area (Å²) in [7, 11) is 0. The van der Waals surface area contributed by atoms with E-state index >= 15 is 0 Å². The first kappa shape index (κ1) is 14.5. The molecule has 6 nitrogen and oxygen atoms in total. The number of rotatable bonds is 3. The summed E-state index contributed by atoms with van der Waals surface area (Å²) in [5, 5.41) is 13.7. The minimum atomic E-state index is -0.484. The largest absolute Gasteiger partial charge is 0.328 e. The first-order valence-corrected chi connectivity index (χ1v) is 6.79. The number of nitrogens with zero attached hydrogens (tertiary/aromatic N) is 1. The van der Waals surface area contributed by atoms with E-state index in [-0.39, 0.29) is 29.2 Å². The standard InChI is InChI=1S/C14H19N3O3/c1-9-5-6-13(17(19)20)12(7-9)16-14(18)10-3-2-4-11(15)8-10/h5-7,10-11H,2-4,8,15H2,1H3,(H,16,18). The summed E-state index contributed by atoms with van der Waals surface area (Å²) in [5.41, 5.74) is 6.92. The van der Waals surface area contributed by atoms with Crippen LogP contribution in [0.25, 0.3) is 0 Å². The van der Waals surface area contributed by atoms with E-state index in [1.165, 1.54) is 6.07 Å². The molecule has 1 saturated carbocycles. The normalized spacial score (nSPS) is 22.3. The van der Waals surface area contributed by atoms with Gasteiger partial charge in [-0.25, -0.2) is 0 Å². The molecule has 0 bridgehead atoms. The molecule has 0 radical (unpaired) electrons. The van der Waals surface area contributed by atoms with Crippen molar-refractivity contribution in [2.24, 2.45) is 11.7 Å². The van der Waals surface area contributed by atoms with Crippen LogP contribution in [0.2, 0.25) is 0 Å². The first-order valence-electron chi connectivity index (χ1n) is 6.79. The third-order valence-electron chi connectivity index (χ3n) is 3.69. The zero-order chi connectivity index (χ0) is 14.7. The lowest BCUT2D eigenvalue weighted by Gasteiger charge is -2.25. The zero-order valence-electron chi connectivity index (χ0n) is 11.5. The van der Waals surface area contributed by atoms with Gasteiger partial charge in [0.1, 0.15) is 5.69 Å². The number of carbonyl (C=O) groups is 1. The molecule has 1 aromatic carbocycles. The molecular formula is C14H19N3O3. The Bertz CT molecular complexity index is 530. The Hall–Kier alpha value is -1.95. The van der Waals surface area contributed by atoms with Crippen molar-refractivity contribution in [3.8, 4) is 0 Å². The summed E-state index contributed by atoms with van der Waals surface area (Å²) in [6.07, 6.45) is 3.30. The Balaban J connectivity index is 2.14. The van der Waals surface area contributed by atoms with E-state index < -0.39 is 4.92 Å². The molecule has 20 heavy (non-hydrogen) atoms. The predicted octanol–water partition coefficient (Wildman–Crippen LogP) is 2.36. The Morgan fingerprint density at radius 3 is 2.85 bits per heavy atom. The van der Waals surface area contributed by atoms with Gasteiger partial charge in [-0.1, -0.05) is 12.5 Å². The molecule has 0 saturated heterocycles. The summed E-state index contributed by atoms with van der Waals surface area (Å²) >= 11 is 0. The van der Waals surface area contributed by atoms with Gasteiger partial charge in [-0.2, -0.15) is 0 Å². The Kier molecular flexibility index (Phi) is 4.34. The average molecular weight is 277 g/mol. The van der Waals surface area contributed by atoms with Crippen LogP contribution in [0.1, 0.15) is 31.2 Å². The molecule has 2 atom stereocenters. The fraction of sp³-hybridized carbons (Fsp3) is 0.500. The average Bonchev–Trinajstić information content (AvgIpc) is 2.38. The fourth-order valence-electron chi connectivity index (χ4n) is 2.61. The molecule has 1 fully saturated rings. The fourth-order valence-corrected chi connectivity index (χ4v) is 2.61. The van der Waals surface area contributed by atoms with E-state index in [4.69, 9.17) is 5.73 Å². The summed E-state index contributed by atoms with van der Waals surface area (Å²) in [6, 6.07) is 4.74. The third kappa shape index (κ3) is 3.33. The second-order valence-corrected chi connectivity index (χ2v) is 5.39. The maximum Gasteiger partial charge on any atom is 0.292 e. The number of hydrogen-bond donors (Lipinski definition) is 2. The maximum absolute atomic E-state index is 12.2. The van der Waals surface area contributed by atoms with Crippen LogP contribution in [0, 0.1) is 23.0 Å². The molecule has 2 rings (SSSR count). The van der Waals surface area contributed by atoms with Crippen molar-refractivity contribution in [1.29, 1.82) is 0 Å². The lowest BCUT2D eigenvalue weighted by Crippen LogP contribution is -2.34. The molecule has 0 heterocycles. The monoisotopic (exact) mass is 277 g/mol. The lowest BCUT2D eigenvalue weighted by atomic mass is 9.85. The molecule has 6 heteroatoms. The second kappa shape index (κ2) is 6.00. The highest BCUT2D eigenvalue weighted by molar-refractivity contribution is 5.94. The topological polar surface area (TPSA) is 98.3 Å². The highest BCUT2D eigenvalue weighted by Crippen LogP contribution is 2.28. The zero-order valence-corrected chi connectivity index (χ0v) is 11.5. The van der Waals surface area contributed by atoms with Crippen LogP contribution in [-0.2, 0) is 4.79 Å². The summed E-state index contributed by atoms with van der Waals surface area (Å²) < 4.78 is 0. The molecular weight excluding hydrogens is 258 g/mol. The number of hydrogen-bond acceptors (Lipinski definition) is 4. The molecule has 1 aliphatic rings. The minimum absolute atomic E-state index is 0.0481. The Labute approximate surface area is 117 Å². The molecule has 1 aliphatic carbocycles. The van der Waals surface area contributed by atoms with Crippen LogP contribution in [0.5, 0.6) is 0 Å². The van der Waals surface area contributed by atoms with Gasteiger partial charge in [0, 0.05) is 18.0 Å². The number of amides is 1. The van der Waals surface area contributed by atoms with Crippen molar-refractivity contribution in [3.63, 3.8) is 0 Å². The molecule has 3 N–H and O–H groups in total. The van der Waals surface area contributed by atoms with Gasteiger partial charge in [0.05, 0.1) is 4.92 Å². The van der Waals surface area contributed by atoms with Gasteiger partial charge < -0.3 is 11.1 Å². The van der Waals surface area contributed by atoms with Gasteiger partial charge in [-0.3, -0.25) is 14.9 Å². The molecule has 0 spiro atoms. The highest BCUT2D eigenvalue weighted by Gasteiger charge is 2.26. The van der Waals surface area contributed by atoms with Gasteiger partial charge in [-0.15, -0.1) is 0 Å². The molecule has 1 aromatic rings. The van der Waals surface area contributed by atoms with E-state index in [0.29, 0.717) is 6.42 Å². The summed E-state index contributed by atoms with van der Waals surface area (Å²) in [6.45, 7) is 1.83. The van der Waals surface area contributed by atoms with Crippen LogP contribution in [-0.4, -0.2) is 16.9 Å². The first-order chi connectivity index (χ1) is 9.47. The maximum atomic E-state index is 12.2. The number of nitrogens with one attached hydrogen (secondary N) is 1. The second-order valence-electron chi connectivity index (χ2n) is 5.39. The van der Waals surface area contributed by atoms with Crippen molar-refractivity contribution < 1.29 is 9.72 Å². The van der Waals surface area contributed by atoms with E-state index in [1.54, 1.807) is 12.1 Å². The Morgan fingerprint density at radius 1 is 1.45 bits per heavy atom. The van der Waals surface area contributed by atoms with Crippen molar-refractivity contribution in [2.75, 3.05) is 5.32 Å². The third-order valence-corrected chi connectivity index (χ3v) is 3.69. The van der Waals surface area contributed by atoms with E-state index in [2.05, 4.69) is 5.32 Å². The van der Waals surface area contributed by atoms with E-state index in [9.17, 15) is 14.9 Å². The van der Waals surface area contributed by atoms with Gasteiger partial charge in [-0.05, 0) is 37.8 Å². The number of carbonyl (C=O) groups excluding carboxylic acids is 1. The number of aryl methyl sites for hydroxylation is 1. The highest BCUT2D eigenvalue weighted by atomic mass is 16.6. The number of benzene rings is 1. The smallest absolute Gasteiger partial charge is 0.292 e. The minimum Gasteiger partial charge on any atom is -0.328 e. The number of nitro benzene ring substituents is 1. The van der Waals surface area contributed by atoms with Crippen LogP contribution in [0.3, 0.4) is 0 Å². The summed E-state index contributed by atoms with van der Waals surface area (Å²) in [5.74, 6) is -0.326. The van der Waals surface area contributed by atoms with Crippen molar-refractivity contribution in [3.05, 3.63) is 33.9 Å². The van der Waals surface area contributed by atoms with E-state index in [0.717, 1.165) is 24.8 Å². The van der Waals surface area contributed by atoms with Crippen LogP contribution in [0.15, 0.2) is 18.2 Å². The molecule has 0 aliphatic heterocycles. The van der Waals surface area contributed by atoms with Gasteiger partial charge in [0.2, 0.25) is 5.91 Å². The number of nitrogens with two attached hydrogens (primary N) is 1. The van der Waals surface area contributed by atoms with Crippen LogP contribution in [0.4, 0.5) is 11.4 Å². The van der Waals surface area contributed by atoms with Crippen molar-refractivity contribution >= 4 is 17.3 Å². The lowest BCUT2D eigenvalue weighted by molar-refractivity contribution is -0.383. The quantitative estimate of drug-likeness (QED) is 0.654. The van der Waals surface area contributed by atoms with E-state index in [1.807, 2.05) is 6.92 Å². The summed E-state index contributed by atoms with van der Waals surface area (Å²) in [4.78, 5) is 22.7. The van der Waals surface area contributed by atoms with Gasteiger partial charge in [0.15, 0.2) is 0 Å². The molecule has 1 amide bonds. The molecule has 2 unspecified atom stereocenters. The number of nitro groups is 1. The number of anilines is 1.